The first-order valence-corrected chi connectivity index (χ1v) is 12.2. The molecule has 0 radical (unpaired) electrons. The van der Waals surface area contributed by atoms with Gasteiger partial charge in [0.15, 0.2) is 5.17 Å². The molecule has 5 rings (SSSR count). The molecule has 0 unspecified atom stereocenters. The summed E-state index contributed by atoms with van der Waals surface area (Å²) in [5, 5.41) is 9.74. The number of carboxylic acid groups (broad SMARTS) is 1. The Bertz CT molecular complexity index is 1440. The Labute approximate surface area is 212 Å². The van der Waals surface area contributed by atoms with E-state index < -0.39 is 5.97 Å². The Balaban J connectivity index is 1.40. The van der Waals surface area contributed by atoms with Crippen LogP contribution in [0, 0.1) is 0 Å². The van der Waals surface area contributed by atoms with E-state index in [1.165, 1.54) is 23.9 Å². The van der Waals surface area contributed by atoms with Gasteiger partial charge in [-0.15, -0.1) is 0 Å². The predicted octanol–water partition coefficient (Wildman–Crippen LogP) is 6.32. The number of hydrogen-bond acceptors (Lipinski definition) is 5. The van der Waals surface area contributed by atoms with Gasteiger partial charge in [0.2, 0.25) is 0 Å². The normalized spacial score (nSPS) is 15.7. The number of aromatic carboxylic acids is 1. The summed E-state index contributed by atoms with van der Waals surface area (Å²) in [7, 11) is 0. The molecule has 36 heavy (non-hydrogen) atoms. The number of nitrogens with zero attached hydrogens (tertiary/aromatic N) is 2. The standard InChI is InChI=1S/C29H22N2O4S/c32-27-26(17-24-15-16-25(35-24)22-11-13-23(14-12-22)28(33)34)36-29(30-18-20-7-3-1-4-8-20)31(27)19-21-9-5-2-6-10-21/h1-17H,18-19H2,(H,33,34)/b26-17+,30-29?. The minimum atomic E-state index is -0.979. The maximum absolute atomic E-state index is 13.4. The average Bonchev–Trinajstić information content (AvgIpc) is 3.49. The van der Waals surface area contributed by atoms with Gasteiger partial charge >= 0.3 is 5.97 Å². The summed E-state index contributed by atoms with van der Waals surface area (Å²) >= 11 is 1.33. The third-order valence-electron chi connectivity index (χ3n) is 5.63. The predicted molar refractivity (Wildman–Crippen MR) is 141 cm³/mol. The molecular weight excluding hydrogens is 472 g/mol. The third-order valence-corrected chi connectivity index (χ3v) is 6.67. The summed E-state index contributed by atoms with van der Waals surface area (Å²) in [5.41, 5.74) is 3.05. The molecule has 0 saturated carbocycles. The van der Waals surface area contributed by atoms with E-state index >= 15 is 0 Å². The molecule has 7 heteroatoms. The molecule has 1 saturated heterocycles. The zero-order chi connectivity index (χ0) is 24.9. The molecule has 4 aromatic rings. The molecule has 0 atom stereocenters. The molecule has 1 aliphatic rings. The van der Waals surface area contributed by atoms with Gasteiger partial charge in [-0.25, -0.2) is 4.79 Å². The number of rotatable bonds is 7. The van der Waals surface area contributed by atoms with Crippen LogP contribution >= 0.6 is 11.8 Å². The van der Waals surface area contributed by atoms with Crippen LogP contribution < -0.4 is 0 Å². The van der Waals surface area contributed by atoms with Crippen LogP contribution in [0.25, 0.3) is 17.4 Å². The molecule has 3 aromatic carbocycles. The van der Waals surface area contributed by atoms with E-state index in [2.05, 4.69) is 0 Å². The van der Waals surface area contributed by atoms with Crippen LogP contribution in [0.4, 0.5) is 0 Å². The number of hydrogen-bond donors (Lipinski definition) is 1. The van der Waals surface area contributed by atoms with Crippen molar-refractivity contribution in [2.45, 2.75) is 13.1 Å². The number of carbonyl (C=O) groups is 2. The van der Waals surface area contributed by atoms with Crippen molar-refractivity contribution in [3.63, 3.8) is 0 Å². The lowest BCUT2D eigenvalue weighted by Gasteiger charge is -2.15. The molecule has 0 bridgehead atoms. The van der Waals surface area contributed by atoms with Crippen molar-refractivity contribution in [3.8, 4) is 11.3 Å². The zero-order valence-electron chi connectivity index (χ0n) is 19.2. The van der Waals surface area contributed by atoms with Crippen LogP contribution in [0.15, 0.2) is 111 Å². The van der Waals surface area contributed by atoms with Crippen molar-refractivity contribution in [2.75, 3.05) is 0 Å². The zero-order valence-corrected chi connectivity index (χ0v) is 20.0. The van der Waals surface area contributed by atoms with Crippen molar-refractivity contribution in [1.82, 2.24) is 4.90 Å². The van der Waals surface area contributed by atoms with Crippen LogP contribution in [-0.2, 0) is 17.9 Å². The summed E-state index contributed by atoms with van der Waals surface area (Å²) in [6, 6.07) is 29.8. The highest BCUT2D eigenvalue weighted by molar-refractivity contribution is 8.18. The smallest absolute Gasteiger partial charge is 0.335 e. The molecule has 1 aromatic heterocycles. The van der Waals surface area contributed by atoms with Crippen molar-refractivity contribution in [2.24, 2.45) is 4.99 Å². The molecule has 1 amide bonds. The fraction of sp³-hybridized carbons (Fsp3) is 0.0690. The van der Waals surface area contributed by atoms with Crippen LogP contribution in [0.2, 0.25) is 0 Å². The number of amidine groups is 1. The fourth-order valence-corrected chi connectivity index (χ4v) is 4.72. The first-order valence-electron chi connectivity index (χ1n) is 11.3. The SMILES string of the molecule is O=C(O)c1ccc(-c2ccc(/C=C3/SC(=NCc4ccccc4)N(Cc4ccccc4)C3=O)o2)cc1. The van der Waals surface area contributed by atoms with Crippen LogP contribution in [0.1, 0.15) is 27.2 Å². The van der Waals surface area contributed by atoms with Gasteiger partial charge in [-0.2, -0.15) is 0 Å². The van der Waals surface area contributed by atoms with Crippen LogP contribution in [0.5, 0.6) is 0 Å². The number of aliphatic imine (C=N–C) groups is 1. The van der Waals surface area contributed by atoms with E-state index in [0.717, 1.165) is 16.7 Å². The van der Waals surface area contributed by atoms with Gasteiger partial charge in [-0.1, -0.05) is 72.8 Å². The summed E-state index contributed by atoms with van der Waals surface area (Å²) < 4.78 is 5.95. The van der Waals surface area contributed by atoms with Crippen LogP contribution in [-0.4, -0.2) is 27.1 Å². The number of benzene rings is 3. The Morgan fingerprint density at radius 1 is 0.889 bits per heavy atom. The number of furan rings is 1. The molecule has 178 valence electrons. The molecule has 1 aliphatic heterocycles. The van der Waals surface area contributed by atoms with E-state index in [1.807, 2.05) is 60.7 Å². The van der Waals surface area contributed by atoms with Crippen molar-refractivity contribution in [3.05, 3.63) is 124 Å². The second kappa shape index (κ2) is 10.5. The minimum absolute atomic E-state index is 0.126. The summed E-state index contributed by atoms with van der Waals surface area (Å²) in [4.78, 5) is 31.4. The van der Waals surface area contributed by atoms with Gasteiger partial charge < -0.3 is 9.52 Å². The van der Waals surface area contributed by atoms with Gasteiger partial charge in [-0.05, 0) is 47.2 Å². The first kappa shape index (κ1) is 23.4. The van der Waals surface area contributed by atoms with Gasteiger partial charge in [-0.3, -0.25) is 14.7 Å². The number of thioether (sulfide) groups is 1. The quantitative estimate of drug-likeness (QED) is 0.304. The number of carbonyl (C=O) groups excluding carboxylic acids is 1. The van der Waals surface area contributed by atoms with Gasteiger partial charge in [0.1, 0.15) is 11.5 Å². The monoisotopic (exact) mass is 494 g/mol. The lowest BCUT2D eigenvalue weighted by molar-refractivity contribution is -0.122. The Kier molecular flexibility index (Phi) is 6.82. The second-order valence-electron chi connectivity index (χ2n) is 8.16. The summed E-state index contributed by atoms with van der Waals surface area (Å²) in [5.74, 6) is 0.0212. The Morgan fingerprint density at radius 3 is 2.22 bits per heavy atom. The van der Waals surface area contributed by atoms with Gasteiger partial charge in [0.25, 0.3) is 5.91 Å². The lowest BCUT2D eigenvalue weighted by atomic mass is 10.1. The van der Waals surface area contributed by atoms with Crippen molar-refractivity contribution < 1.29 is 19.1 Å². The van der Waals surface area contributed by atoms with Crippen molar-refractivity contribution in [1.29, 1.82) is 0 Å². The molecule has 1 N–H and O–H groups in total. The molecule has 2 heterocycles. The Hall–Kier alpha value is -4.36. The fourth-order valence-electron chi connectivity index (χ4n) is 3.77. The van der Waals surface area contributed by atoms with E-state index in [-0.39, 0.29) is 11.5 Å². The molecule has 0 spiro atoms. The van der Waals surface area contributed by atoms with Gasteiger partial charge in [0.05, 0.1) is 23.6 Å². The molecule has 1 fully saturated rings. The molecular formula is C29H22N2O4S. The first-order chi connectivity index (χ1) is 17.6. The highest BCUT2D eigenvalue weighted by Crippen LogP contribution is 2.35. The highest BCUT2D eigenvalue weighted by Gasteiger charge is 2.33. The lowest BCUT2D eigenvalue weighted by Crippen LogP contribution is -2.28. The van der Waals surface area contributed by atoms with E-state index in [0.29, 0.717) is 34.7 Å². The average molecular weight is 495 g/mol. The topological polar surface area (TPSA) is 83.1 Å². The minimum Gasteiger partial charge on any atom is -0.478 e. The summed E-state index contributed by atoms with van der Waals surface area (Å²) in [6.07, 6.45) is 1.73. The van der Waals surface area contributed by atoms with Crippen LogP contribution in [0.3, 0.4) is 0 Å². The Morgan fingerprint density at radius 2 is 1.56 bits per heavy atom. The van der Waals surface area contributed by atoms with E-state index in [9.17, 15) is 9.59 Å². The number of carboxylic acids is 1. The maximum atomic E-state index is 13.4. The summed E-state index contributed by atoms with van der Waals surface area (Å²) in [6.45, 7) is 0.906. The second-order valence-corrected chi connectivity index (χ2v) is 9.17. The van der Waals surface area contributed by atoms with Gasteiger partial charge in [0, 0.05) is 11.6 Å². The molecule has 0 aliphatic carbocycles. The van der Waals surface area contributed by atoms with E-state index in [4.69, 9.17) is 14.5 Å². The third kappa shape index (κ3) is 5.31. The number of amides is 1. The largest absolute Gasteiger partial charge is 0.478 e. The highest BCUT2D eigenvalue weighted by atomic mass is 32.2. The van der Waals surface area contributed by atoms with Crippen molar-refractivity contribution >= 4 is 34.9 Å². The maximum Gasteiger partial charge on any atom is 0.335 e. The molecule has 6 nitrogen and oxygen atoms in total. The van der Waals surface area contributed by atoms with E-state index in [1.54, 1.807) is 35.2 Å².